The minimum Gasteiger partial charge on any atom is -0.443 e. The highest BCUT2D eigenvalue weighted by Crippen LogP contribution is 2.43. The second kappa shape index (κ2) is 7.63. The van der Waals surface area contributed by atoms with Crippen LogP contribution in [-0.4, -0.2) is 17.6 Å². The number of amides is 2. The SMILES string of the molecule is CC(C)(C)OC(=O)N1C(=O)/C(=C\c2cccc(Cl)c2C(F)(F)F)c2ccc(Cl)cc21. The van der Waals surface area contributed by atoms with Gasteiger partial charge in [0.15, 0.2) is 0 Å². The van der Waals surface area contributed by atoms with Crippen LogP contribution in [0.15, 0.2) is 36.4 Å². The van der Waals surface area contributed by atoms with Gasteiger partial charge in [-0.15, -0.1) is 0 Å². The average Bonchev–Trinajstić information content (AvgIpc) is 2.83. The quantitative estimate of drug-likeness (QED) is 0.440. The Morgan fingerprint density at radius 1 is 1.10 bits per heavy atom. The third-order valence-corrected chi connectivity index (χ3v) is 4.68. The Hall–Kier alpha value is -2.51. The zero-order chi connectivity index (χ0) is 22.4. The Morgan fingerprint density at radius 2 is 1.77 bits per heavy atom. The Kier molecular flexibility index (Phi) is 5.64. The van der Waals surface area contributed by atoms with Crippen LogP contribution in [0.2, 0.25) is 10.0 Å². The van der Waals surface area contributed by atoms with Crippen LogP contribution in [0.3, 0.4) is 0 Å². The van der Waals surface area contributed by atoms with Crippen molar-refractivity contribution in [3.8, 4) is 0 Å². The maximum atomic E-state index is 13.5. The van der Waals surface area contributed by atoms with Gasteiger partial charge in [-0.25, -0.2) is 9.69 Å². The van der Waals surface area contributed by atoms with Crippen LogP contribution < -0.4 is 4.90 Å². The van der Waals surface area contributed by atoms with Gasteiger partial charge in [-0.1, -0.05) is 41.4 Å². The first-order valence-corrected chi connectivity index (χ1v) is 9.50. The topological polar surface area (TPSA) is 46.6 Å². The van der Waals surface area contributed by atoms with Gasteiger partial charge in [0.2, 0.25) is 0 Å². The lowest BCUT2D eigenvalue weighted by Gasteiger charge is -2.23. The standard InChI is InChI=1S/C21H16Cl2F3NO3/c1-20(2,3)30-19(29)27-16-10-12(22)7-8-13(16)14(18(27)28)9-11-5-4-6-15(23)17(11)21(24,25)26/h4-10H,1-3H3/b14-9-. The van der Waals surface area contributed by atoms with Gasteiger partial charge in [-0.05, 0) is 50.6 Å². The minimum atomic E-state index is -4.74. The number of ether oxygens (including phenoxy) is 1. The molecular formula is C21H16Cl2F3NO3. The number of nitrogens with zero attached hydrogens (tertiary/aromatic N) is 1. The molecule has 0 spiro atoms. The molecule has 2 aromatic carbocycles. The summed E-state index contributed by atoms with van der Waals surface area (Å²) in [5.41, 5.74) is -1.99. The van der Waals surface area contributed by atoms with Gasteiger partial charge < -0.3 is 4.74 Å². The second-order valence-electron chi connectivity index (χ2n) is 7.54. The van der Waals surface area contributed by atoms with Crippen molar-refractivity contribution in [2.75, 3.05) is 4.90 Å². The van der Waals surface area contributed by atoms with E-state index in [1.54, 1.807) is 20.8 Å². The third-order valence-electron chi connectivity index (χ3n) is 4.13. The van der Waals surface area contributed by atoms with Crippen molar-refractivity contribution in [3.05, 3.63) is 63.1 Å². The van der Waals surface area contributed by atoms with E-state index in [9.17, 15) is 22.8 Å². The van der Waals surface area contributed by atoms with Crippen LogP contribution >= 0.6 is 23.2 Å². The molecule has 0 atom stereocenters. The fourth-order valence-electron chi connectivity index (χ4n) is 3.01. The molecule has 3 rings (SSSR count). The van der Waals surface area contributed by atoms with Crippen LogP contribution in [0.4, 0.5) is 23.7 Å². The Balaban J connectivity index is 2.18. The summed E-state index contributed by atoms with van der Waals surface area (Å²) in [6.07, 6.45) is -4.63. The number of benzene rings is 2. The molecule has 1 heterocycles. The fraction of sp³-hybridized carbons (Fsp3) is 0.238. The fourth-order valence-corrected chi connectivity index (χ4v) is 3.46. The van der Waals surface area contributed by atoms with E-state index in [2.05, 4.69) is 0 Å². The van der Waals surface area contributed by atoms with Crippen molar-refractivity contribution in [1.82, 2.24) is 0 Å². The van der Waals surface area contributed by atoms with Gasteiger partial charge in [0.25, 0.3) is 5.91 Å². The third kappa shape index (κ3) is 4.32. The van der Waals surface area contributed by atoms with E-state index in [1.165, 1.54) is 30.3 Å². The van der Waals surface area contributed by atoms with E-state index >= 15 is 0 Å². The number of imide groups is 1. The van der Waals surface area contributed by atoms with E-state index in [4.69, 9.17) is 27.9 Å². The molecule has 0 aromatic heterocycles. The highest BCUT2D eigenvalue weighted by molar-refractivity contribution is 6.42. The number of hydrogen-bond acceptors (Lipinski definition) is 3. The molecule has 2 aromatic rings. The molecule has 9 heteroatoms. The van der Waals surface area contributed by atoms with Gasteiger partial charge in [0.1, 0.15) is 5.60 Å². The summed E-state index contributed by atoms with van der Waals surface area (Å²) >= 11 is 11.8. The average molecular weight is 458 g/mol. The predicted molar refractivity (Wildman–Crippen MR) is 109 cm³/mol. The lowest BCUT2D eigenvalue weighted by molar-refractivity contribution is -0.137. The van der Waals surface area contributed by atoms with Crippen molar-refractivity contribution < 1.29 is 27.5 Å². The molecule has 0 aliphatic carbocycles. The van der Waals surface area contributed by atoms with Crippen LogP contribution in [-0.2, 0) is 15.7 Å². The molecule has 0 unspecified atom stereocenters. The molecule has 158 valence electrons. The zero-order valence-electron chi connectivity index (χ0n) is 16.1. The monoisotopic (exact) mass is 457 g/mol. The molecule has 0 bridgehead atoms. The van der Waals surface area contributed by atoms with Crippen molar-refractivity contribution in [1.29, 1.82) is 0 Å². The number of anilines is 1. The molecule has 1 aliphatic heterocycles. The minimum absolute atomic E-state index is 0.111. The number of fused-ring (bicyclic) bond motifs is 1. The molecule has 0 saturated heterocycles. The number of halogens is 5. The van der Waals surface area contributed by atoms with Crippen molar-refractivity contribution >= 4 is 52.5 Å². The first-order chi connectivity index (χ1) is 13.8. The van der Waals surface area contributed by atoms with Crippen LogP contribution in [0.25, 0.3) is 11.6 Å². The maximum absolute atomic E-state index is 13.5. The summed E-state index contributed by atoms with van der Waals surface area (Å²) in [4.78, 5) is 26.4. The normalized spacial score (nSPS) is 15.5. The molecule has 0 N–H and O–H groups in total. The molecular weight excluding hydrogens is 442 g/mol. The summed E-state index contributed by atoms with van der Waals surface area (Å²) in [6.45, 7) is 4.88. The highest BCUT2D eigenvalue weighted by atomic mass is 35.5. The van der Waals surface area contributed by atoms with E-state index < -0.39 is 34.4 Å². The van der Waals surface area contributed by atoms with E-state index in [0.29, 0.717) is 0 Å². The maximum Gasteiger partial charge on any atom is 0.422 e. The number of rotatable bonds is 1. The molecule has 0 saturated carbocycles. The van der Waals surface area contributed by atoms with E-state index in [1.807, 2.05) is 0 Å². The zero-order valence-corrected chi connectivity index (χ0v) is 17.6. The van der Waals surface area contributed by atoms with E-state index in [-0.39, 0.29) is 27.4 Å². The number of carbonyl (C=O) groups excluding carboxylic acids is 2. The van der Waals surface area contributed by atoms with Crippen molar-refractivity contribution in [3.63, 3.8) is 0 Å². The lowest BCUT2D eigenvalue weighted by Crippen LogP contribution is -2.38. The Morgan fingerprint density at radius 3 is 2.37 bits per heavy atom. The molecule has 4 nitrogen and oxygen atoms in total. The summed E-state index contributed by atoms with van der Waals surface area (Å²) < 4.78 is 45.8. The first-order valence-electron chi connectivity index (χ1n) is 8.74. The molecule has 30 heavy (non-hydrogen) atoms. The number of alkyl halides is 3. The van der Waals surface area contributed by atoms with Gasteiger partial charge >= 0.3 is 12.3 Å². The smallest absolute Gasteiger partial charge is 0.422 e. The summed E-state index contributed by atoms with van der Waals surface area (Å²) in [7, 11) is 0. The second-order valence-corrected chi connectivity index (χ2v) is 8.39. The predicted octanol–water partition coefficient (Wildman–Crippen LogP) is 6.83. The lowest BCUT2D eigenvalue weighted by atomic mass is 10.0. The van der Waals surface area contributed by atoms with E-state index in [0.717, 1.165) is 17.0 Å². The van der Waals surface area contributed by atoms with Gasteiger partial charge in [-0.3, -0.25) is 4.79 Å². The van der Waals surface area contributed by atoms with Gasteiger partial charge in [0.05, 0.1) is 21.8 Å². The molecule has 0 fully saturated rings. The van der Waals surface area contributed by atoms with Crippen molar-refractivity contribution in [2.24, 2.45) is 0 Å². The number of hydrogen-bond donors (Lipinski definition) is 0. The Labute approximate surface area is 180 Å². The van der Waals surface area contributed by atoms with Crippen LogP contribution in [0.5, 0.6) is 0 Å². The van der Waals surface area contributed by atoms with Crippen molar-refractivity contribution in [2.45, 2.75) is 32.5 Å². The summed E-state index contributed by atoms with van der Waals surface area (Å²) in [6, 6.07) is 7.97. The largest absolute Gasteiger partial charge is 0.443 e. The molecule has 0 radical (unpaired) electrons. The summed E-state index contributed by atoms with van der Waals surface area (Å²) in [5, 5.41) is -0.252. The highest BCUT2D eigenvalue weighted by Gasteiger charge is 2.40. The molecule has 1 aliphatic rings. The summed E-state index contributed by atoms with van der Waals surface area (Å²) in [5.74, 6) is -0.824. The van der Waals surface area contributed by atoms with Crippen LogP contribution in [0.1, 0.15) is 37.5 Å². The number of carbonyl (C=O) groups is 2. The first kappa shape index (κ1) is 22.2. The van der Waals surface area contributed by atoms with Crippen LogP contribution in [0, 0.1) is 0 Å². The van der Waals surface area contributed by atoms with Gasteiger partial charge in [0, 0.05) is 10.6 Å². The van der Waals surface area contributed by atoms with Gasteiger partial charge in [-0.2, -0.15) is 13.2 Å². The molecule has 2 amide bonds. The Bertz CT molecular complexity index is 1070.